The molecule has 58 valence electrons. The van der Waals surface area contributed by atoms with Crippen LogP contribution in [0.1, 0.15) is 6.92 Å². The molecule has 1 amide bonds. The maximum atomic E-state index is 10.9. The second kappa shape index (κ2) is 3.68. The number of hydrazine groups is 1. The van der Waals surface area contributed by atoms with Gasteiger partial charge in [0.05, 0.1) is 6.61 Å². The highest BCUT2D eigenvalue weighted by Gasteiger charge is 2.18. The Morgan fingerprint density at radius 1 is 1.90 bits per heavy atom. The van der Waals surface area contributed by atoms with E-state index in [1.165, 1.54) is 16.4 Å². The fourth-order valence-corrected chi connectivity index (χ4v) is 1.33. The highest BCUT2D eigenvalue weighted by atomic mass is 32.2. The minimum Gasteiger partial charge on any atom is -0.448 e. The molecule has 0 radical (unpaired) electrons. The van der Waals surface area contributed by atoms with Crippen molar-refractivity contribution in [3.63, 3.8) is 0 Å². The number of hydrogen-bond acceptors (Lipinski definition) is 4. The molecule has 0 unspecified atom stereocenters. The Morgan fingerprint density at radius 2 is 2.70 bits per heavy atom. The standard InChI is InChI=1S/C5H10N2O2S/c1-2-9-5(8)7-6-3-4-10-7/h6H,2-4H2,1H3. The average Bonchev–Trinajstić information content (AvgIpc) is 2.38. The van der Waals surface area contributed by atoms with Gasteiger partial charge in [-0.2, -0.15) is 4.41 Å². The first-order valence-electron chi connectivity index (χ1n) is 3.18. The Bertz CT molecular complexity index is 125. The third-order valence-electron chi connectivity index (χ3n) is 1.01. The van der Waals surface area contributed by atoms with Crippen molar-refractivity contribution in [1.82, 2.24) is 9.84 Å². The molecule has 1 rings (SSSR count). The summed E-state index contributed by atoms with van der Waals surface area (Å²) in [7, 11) is 0. The average molecular weight is 162 g/mol. The number of nitrogens with zero attached hydrogens (tertiary/aromatic N) is 1. The van der Waals surface area contributed by atoms with Crippen LogP contribution >= 0.6 is 11.9 Å². The van der Waals surface area contributed by atoms with E-state index in [9.17, 15) is 4.79 Å². The van der Waals surface area contributed by atoms with E-state index in [-0.39, 0.29) is 6.09 Å². The summed E-state index contributed by atoms with van der Waals surface area (Å²) in [6, 6.07) is 0. The van der Waals surface area contributed by atoms with Gasteiger partial charge in [-0.25, -0.2) is 10.2 Å². The zero-order chi connectivity index (χ0) is 7.40. The quantitative estimate of drug-likeness (QED) is 0.574. The molecule has 0 aromatic carbocycles. The van der Waals surface area contributed by atoms with Crippen LogP contribution in [-0.4, -0.2) is 29.4 Å². The number of nitrogens with one attached hydrogen (secondary N) is 1. The largest absolute Gasteiger partial charge is 0.448 e. The van der Waals surface area contributed by atoms with Crippen LogP contribution in [0.4, 0.5) is 4.79 Å². The van der Waals surface area contributed by atoms with Crippen LogP contribution in [0.2, 0.25) is 0 Å². The van der Waals surface area contributed by atoms with Gasteiger partial charge < -0.3 is 4.74 Å². The molecule has 1 aliphatic rings. The van der Waals surface area contributed by atoms with Crippen LogP contribution in [0.3, 0.4) is 0 Å². The van der Waals surface area contributed by atoms with Gasteiger partial charge in [0.1, 0.15) is 0 Å². The molecule has 10 heavy (non-hydrogen) atoms. The molecule has 0 aromatic rings. The first kappa shape index (κ1) is 7.68. The number of hydrogen-bond donors (Lipinski definition) is 1. The predicted molar refractivity (Wildman–Crippen MR) is 39.3 cm³/mol. The van der Waals surface area contributed by atoms with Gasteiger partial charge in [0, 0.05) is 12.3 Å². The molecular formula is C5H10N2O2S. The monoisotopic (exact) mass is 162 g/mol. The third-order valence-corrected chi connectivity index (χ3v) is 1.93. The summed E-state index contributed by atoms with van der Waals surface area (Å²) >= 11 is 1.44. The SMILES string of the molecule is CCOC(=O)N1NCCS1. The summed E-state index contributed by atoms with van der Waals surface area (Å²) < 4.78 is 6.15. The van der Waals surface area contributed by atoms with Gasteiger partial charge in [0.15, 0.2) is 0 Å². The van der Waals surface area contributed by atoms with E-state index < -0.39 is 0 Å². The minimum atomic E-state index is -0.301. The highest BCUT2D eigenvalue weighted by molar-refractivity contribution is 7.97. The van der Waals surface area contributed by atoms with E-state index in [2.05, 4.69) is 5.43 Å². The van der Waals surface area contributed by atoms with Crippen LogP contribution in [0.15, 0.2) is 0 Å². The molecule has 0 atom stereocenters. The van der Waals surface area contributed by atoms with E-state index in [1.807, 2.05) is 0 Å². The Kier molecular flexibility index (Phi) is 2.82. The van der Waals surface area contributed by atoms with Crippen LogP contribution < -0.4 is 5.43 Å². The minimum absolute atomic E-state index is 0.301. The van der Waals surface area contributed by atoms with Crippen molar-refractivity contribution >= 4 is 18.0 Å². The second-order valence-electron chi connectivity index (χ2n) is 1.73. The first-order chi connectivity index (χ1) is 4.84. The molecule has 4 nitrogen and oxygen atoms in total. The number of rotatable bonds is 1. The van der Waals surface area contributed by atoms with Gasteiger partial charge in [-0.1, -0.05) is 0 Å². The summed E-state index contributed by atoms with van der Waals surface area (Å²) in [4.78, 5) is 10.9. The molecule has 0 aromatic heterocycles. The lowest BCUT2D eigenvalue weighted by atomic mass is 10.8. The normalized spacial score (nSPS) is 17.5. The van der Waals surface area contributed by atoms with Gasteiger partial charge >= 0.3 is 6.09 Å². The molecule has 1 aliphatic heterocycles. The number of amides is 1. The molecule has 1 heterocycles. The molecule has 0 spiro atoms. The van der Waals surface area contributed by atoms with Gasteiger partial charge in [-0.05, 0) is 18.9 Å². The van der Waals surface area contributed by atoms with Crippen molar-refractivity contribution in [2.75, 3.05) is 18.9 Å². The van der Waals surface area contributed by atoms with Crippen molar-refractivity contribution in [1.29, 1.82) is 0 Å². The summed E-state index contributed by atoms with van der Waals surface area (Å²) in [5.41, 5.74) is 2.86. The molecule has 1 N–H and O–H groups in total. The first-order valence-corrected chi connectivity index (χ1v) is 4.12. The molecular weight excluding hydrogens is 152 g/mol. The lowest BCUT2D eigenvalue weighted by Gasteiger charge is -2.11. The van der Waals surface area contributed by atoms with Crippen LogP contribution in [0.5, 0.6) is 0 Å². The van der Waals surface area contributed by atoms with Crippen molar-refractivity contribution in [3.05, 3.63) is 0 Å². The summed E-state index contributed by atoms with van der Waals surface area (Å²) in [5.74, 6) is 0.929. The van der Waals surface area contributed by atoms with Crippen LogP contribution in [0, 0.1) is 0 Å². The maximum Gasteiger partial charge on any atom is 0.434 e. The van der Waals surface area contributed by atoms with Gasteiger partial charge in [0.25, 0.3) is 0 Å². The summed E-state index contributed by atoms with van der Waals surface area (Å²) in [6.07, 6.45) is -0.301. The zero-order valence-corrected chi connectivity index (χ0v) is 6.61. The molecule has 1 saturated heterocycles. The van der Waals surface area contributed by atoms with Crippen molar-refractivity contribution in [2.45, 2.75) is 6.92 Å². The van der Waals surface area contributed by atoms with E-state index in [4.69, 9.17) is 4.74 Å². The molecule has 1 fully saturated rings. The maximum absolute atomic E-state index is 10.9. The zero-order valence-electron chi connectivity index (χ0n) is 5.79. The lowest BCUT2D eigenvalue weighted by molar-refractivity contribution is 0.125. The molecule has 0 aliphatic carbocycles. The Balaban J connectivity index is 2.25. The van der Waals surface area contributed by atoms with E-state index in [1.54, 1.807) is 6.92 Å². The fourth-order valence-electron chi connectivity index (χ4n) is 0.629. The Labute approximate surface area is 64.0 Å². The molecule has 5 heteroatoms. The fraction of sp³-hybridized carbons (Fsp3) is 0.800. The summed E-state index contributed by atoms with van der Waals surface area (Å²) in [5, 5.41) is 0. The van der Waals surface area contributed by atoms with Gasteiger partial charge in [-0.3, -0.25) is 0 Å². The van der Waals surface area contributed by atoms with Crippen molar-refractivity contribution in [3.8, 4) is 0 Å². The second-order valence-corrected chi connectivity index (χ2v) is 2.77. The van der Waals surface area contributed by atoms with Gasteiger partial charge in [-0.15, -0.1) is 0 Å². The highest BCUT2D eigenvalue weighted by Crippen LogP contribution is 2.12. The van der Waals surface area contributed by atoms with Crippen molar-refractivity contribution in [2.24, 2.45) is 0 Å². The molecule has 0 saturated carbocycles. The van der Waals surface area contributed by atoms with Crippen molar-refractivity contribution < 1.29 is 9.53 Å². The topological polar surface area (TPSA) is 41.6 Å². The summed E-state index contributed by atoms with van der Waals surface area (Å²) in [6.45, 7) is 3.06. The number of ether oxygens (including phenoxy) is 1. The van der Waals surface area contributed by atoms with E-state index in [0.29, 0.717) is 6.61 Å². The van der Waals surface area contributed by atoms with E-state index in [0.717, 1.165) is 12.3 Å². The Morgan fingerprint density at radius 3 is 3.20 bits per heavy atom. The number of carbonyl (C=O) groups is 1. The Hall–Kier alpha value is -0.420. The lowest BCUT2D eigenvalue weighted by Crippen LogP contribution is -2.32. The van der Waals surface area contributed by atoms with Crippen LogP contribution in [0.25, 0.3) is 0 Å². The number of carbonyl (C=O) groups excluding carboxylic acids is 1. The predicted octanol–water partition coefficient (Wildman–Crippen LogP) is 0.611. The van der Waals surface area contributed by atoms with Gasteiger partial charge in [0.2, 0.25) is 0 Å². The van der Waals surface area contributed by atoms with E-state index >= 15 is 0 Å². The van der Waals surface area contributed by atoms with Crippen LogP contribution in [-0.2, 0) is 4.74 Å². The molecule has 0 bridgehead atoms. The smallest absolute Gasteiger partial charge is 0.434 e. The third kappa shape index (κ3) is 1.78.